The molecular weight excluding hydrogens is 314 g/mol. The van der Waals surface area contributed by atoms with Crippen molar-refractivity contribution < 1.29 is 9.59 Å². The van der Waals surface area contributed by atoms with E-state index < -0.39 is 6.03 Å². The first-order chi connectivity index (χ1) is 12.1. The maximum absolute atomic E-state index is 12.4. The van der Waals surface area contributed by atoms with Crippen LogP contribution in [0.3, 0.4) is 0 Å². The molecule has 3 rings (SSSR count). The van der Waals surface area contributed by atoms with Crippen LogP contribution >= 0.6 is 0 Å². The van der Waals surface area contributed by atoms with E-state index in [1.807, 2.05) is 30.3 Å². The van der Waals surface area contributed by atoms with Crippen molar-refractivity contribution in [3.05, 3.63) is 60.2 Å². The number of urea groups is 1. The highest BCUT2D eigenvalue weighted by Crippen LogP contribution is 2.20. The fourth-order valence-electron chi connectivity index (χ4n) is 3.22. The van der Waals surface area contributed by atoms with E-state index in [2.05, 4.69) is 29.6 Å². The zero-order chi connectivity index (χ0) is 17.6. The van der Waals surface area contributed by atoms with Crippen LogP contribution < -0.4 is 11.1 Å². The molecule has 1 fully saturated rings. The fraction of sp³-hybridized carbons (Fsp3) is 0.300. The van der Waals surface area contributed by atoms with Crippen molar-refractivity contribution in [1.82, 2.24) is 10.2 Å². The van der Waals surface area contributed by atoms with Gasteiger partial charge in [-0.2, -0.15) is 0 Å². The van der Waals surface area contributed by atoms with Crippen LogP contribution in [0.1, 0.15) is 18.4 Å². The number of amides is 3. The Morgan fingerprint density at radius 1 is 1.08 bits per heavy atom. The number of carbonyl (C=O) groups excluding carboxylic acids is 2. The van der Waals surface area contributed by atoms with Crippen molar-refractivity contribution in [3.63, 3.8) is 0 Å². The van der Waals surface area contributed by atoms with Gasteiger partial charge in [-0.05, 0) is 35.6 Å². The van der Waals surface area contributed by atoms with Gasteiger partial charge in [-0.1, -0.05) is 48.5 Å². The van der Waals surface area contributed by atoms with E-state index in [1.165, 1.54) is 0 Å². The van der Waals surface area contributed by atoms with Crippen LogP contribution in [-0.2, 0) is 11.3 Å². The molecule has 1 saturated heterocycles. The number of rotatable bonds is 4. The average Bonchev–Trinajstić information content (AvgIpc) is 2.67. The summed E-state index contributed by atoms with van der Waals surface area (Å²) in [5, 5.41) is 2.99. The Balaban J connectivity index is 1.60. The molecule has 3 amide bonds. The van der Waals surface area contributed by atoms with Crippen molar-refractivity contribution in [1.29, 1.82) is 0 Å². The van der Waals surface area contributed by atoms with Crippen LogP contribution in [0.15, 0.2) is 54.6 Å². The molecule has 1 atom stereocenters. The van der Waals surface area contributed by atoms with E-state index in [-0.39, 0.29) is 11.8 Å². The van der Waals surface area contributed by atoms with Crippen molar-refractivity contribution in [2.75, 3.05) is 13.1 Å². The second kappa shape index (κ2) is 7.83. The summed E-state index contributed by atoms with van der Waals surface area (Å²) in [6.07, 6.45) is 1.60. The average molecular weight is 337 g/mol. The summed E-state index contributed by atoms with van der Waals surface area (Å²) in [5.41, 5.74) is 8.66. The Kier molecular flexibility index (Phi) is 5.33. The standard InChI is InChI=1S/C20H23N3O2/c21-20(25)23-11-5-10-18(14-23)19(24)22-13-15-6-4-9-17(12-15)16-7-2-1-3-8-16/h1-4,6-9,12,18H,5,10-11,13-14H2,(H2,21,25)(H,22,24)/t18-/m0/s1. The Bertz CT molecular complexity index is 746. The molecular formula is C20H23N3O2. The van der Waals surface area contributed by atoms with Gasteiger partial charge in [0.1, 0.15) is 0 Å². The Morgan fingerprint density at radius 3 is 2.60 bits per heavy atom. The van der Waals surface area contributed by atoms with Crippen molar-refractivity contribution in [2.24, 2.45) is 11.7 Å². The normalized spacial score (nSPS) is 17.1. The number of nitrogens with one attached hydrogen (secondary N) is 1. The smallest absolute Gasteiger partial charge is 0.314 e. The molecule has 0 bridgehead atoms. The second-order valence-corrected chi connectivity index (χ2v) is 6.41. The quantitative estimate of drug-likeness (QED) is 0.900. The van der Waals surface area contributed by atoms with Crippen molar-refractivity contribution >= 4 is 11.9 Å². The summed E-state index contributed by atoms with van der Waals surface area (Å²) >= 11 is 0. The van der Waals surface area contributed by atoms with Gasteiger partial charge in [-0.15, -0.1) is 0 Å². The van der Waals surface area contributed by atoms with E-state index in [0.29, 0.717) is 19.6 Å². The summed E-state index contributed by atoms with van der Waals surface area (Å²) in [6, 6.07) is 17.9. The Hall–Kier alpha value is -2.82. The molecule has 0 spiro atoms. The molecule has 2 aromatic carbocycles. The zero-order valence-corrected chi connectivity index (χ0v) is 14.2. The minimum Gasteiger partial charge on any atom is -0.352 e. The van der Waals surface area contributed by atoms with Gasteiger partial charge in [0.2, 0.25) is 5.91 Å². The topological polar surface area (TPSA) is 75.4 Å². The van der Waals surface area contributed by atoms with Gasteiger partial charge >= 0.3 is 6.03 Å². The van der Waals surface area contributed by atoms with E-state index in [9.17, 15) is 9.59 Å². The Labute approximate surface area is 147 Å². The summed E-state index contributed by atoms with van der Waals surface area (Å²) in [5.74, 6) is -0.199. The maximum Gasteiger partial charge on any atom is 0.314 e. The maximum atomic E-state index is 12.4. The van der Waals surface area contributed by atoms with Crippen LogP contribution in [0.4, 0.5) is 4.79 Å². The van der Waals surface area contributed by atoms with Gasteiger partial charge < -0.3 is 16.0 Å². The molecule has 0 unspecified atom stereocenters. The van der Waals surface area contributed by atoms with Gasteiger partial charge in [0.05, 0.1) is 5.92 Å². The third-order valence-corrected chi connectivity index (χ3v) is 4.60. The number of primary amides is 1. The summed E-state index contributed by atoms with van der Waals surface area (Å²) in [6.45, 7) is 1.52. The van der Waals surface area contributed by atoms with E-state index in [4.69, 9.17) is 5.73 Å². The molecule has 0 aromatic heterocycles. The van der Waals surface area contributed by atoms with Crippen LogP contribution in [0.5, 0.6) is 0 Å². The minimum absolute atomic E-state index is 0.0175. The summed E-state index contributed by atoms with van der Waals surface area (Å²) < 4.78 is 0. The molecule has 0 aliphatic carbocycles. The first kappa shape index (κ1) is 17.0. The number of piperidine rings is 1. The number of likely N-dealkylation sites (tertiary alicyclic amines) is 1. The van der Waals surface area contributed by atoms with E-state index in [0.717, 1.165) is 29.5 Å². The highest BCUT2D eigenvalue weighted by Gasteiger charge is 2.27. The van der Waals surface area contributed by atoms with Crippen LogP contribution in [0, 0.1) is 5.92 Å². The predicted molar refractivity (Wildman–Crippen MR) is 97.6 cm³/mol. The van der Waals surface area contributed by atoms with Crippen LogP contribution in [0.2, 0.25) is 0 Å². The highest BCUT2D eigenvalue weighted by molar-refractivity contribution is 5.80. The second-order valence-electron chi connectivity index (χ2n) is 6.41. The molecule has 130 valence electrons. The molecule has 25 heavy (non-hydrogen) atoms. The van der Waals surface area contributed by atoms with Crippen molar-refractivity contribution in [2.45, 2.75) is 19.4 Å². The third kappa shape index (κ3) is 4.38. The molecule has 2 aromatic rings. The van der Waals surface area contributed by atoms with E-state index >= 15 is 0 Å². The van der Waals surface area contributed by atoms with Crippen molar-refractivity contribution in [3.8, 4) is 11.1 Å². The van der Waals surface area contributed by atoms with Gasteiger partial charge in [0, 0.05) is 19.6 Å². The number of hydrogen-bond acceptors (Lipinski definition) is 2. The highest BCUT2D eigenvalue weighted by atomic mass is 16.2. The molecule has 5 heteroatoms. The molecule has 1 aliphatic rings. The van der Waals surface area contributed by atoms with Gasteiger partial charge in [0.25, 0.3) is 0 Å². The van der Waals surface area contributed by atoms with Gasteiger partial charge in [-0.25, -0.2) is 4.79 Å². The van der Waals surface area contributed by atoms with Gasteiger partial charge in [-0.3, -0.25) is 4.79 Å². The molecule has 3 N–H and O–H groups in total. The monoisotopic (exact) mass is 337 g/mol. The van der Waals surface area contributed by atoms with E-state index in [1.54, 1.807) is 4.90 Å². The molecule has 5 nitrogen and oxygen atoms in total. The minimum atomic E-state index is -0.451. The molecule has 1 heterocycles. The number of nitrogens with two attached hydrogens (primary N) is 1. The number of benzene rings is 2. The third-order valence-electron chi connectivity index (χ3n) is 4.60. The SMILES string of the molecule is NC(=O)N1CCC[C@H](C(=O)NCc2cccc(-c3ccccc3)c2)C1. The first-order valence-electron chi connectivity index (χ1n) is 8.60. The van der Waals surface area contributed by atoms with Crippen LogP contribution in [0.25, 0.3) is 11.1 Å². The lowest BCUT2D eigenvalue weighted by Gasteiger charge is -2.30. The molecule has 1 aliphatic heterocycles. The lowest BCUT2D eigenvalue weighted by atomic mass is 9.97. The molecule has 0 saturated carbocycles. The fourth-order valence-corrected chi connectivity index (χ4v) is 3.22. The molecule has 0 radical (unpaired) electrons. The van der Waals surface area contributed by atoms with Crippen LogP contribution in [-0.4, -0.2) is 29.9 Å². The summed E-state index contributed by atoms with van der Waals surface area (Å²) in [7, 11) is 0. The summed E-state index contributed by atoms with van der Waals surface area (Å²) in [4.78, 5) is 25.2. The Morgan fingerprint density at radius 2 is 1.84 bits per heavy atom. The number of nitrogens with zero attached hydrogens (tertiary/aromatic N) is 1. The lowest BCUT2D eigenvalue weighted by molar-refractivity contribution is -0.126. The number of hydrogen-bond donors (Lipinski definition) is 2. The van der Waals surface area contributed by atoms with Gasteiger partial charge in [0.15, 0.2) is 0 Å². The first-order valence-corrected chi connectivity index (χ1v) is 8.60. The predicted octanol–water partition coefficient (Wildman–Crippen LogP) is 2.76. The largest absolute Gasteiger partial charge is 0.352 e. The lowest BCUT2D eigenvalue weighted by Crippen LogP contribution is -2.47. The zero-order valence-electron chi connectivity index (χ0n) is 14.2. The number of carbonyl (C=O) groups is 2.